The number of nitrogens with zero attached hydrogens (tertiary/aromatic N) is 1. The number of amides is 2. The monoisotopic (exact) mass is 432 g/mol. The molecule has 2 amide bonds. The third-order valence-corrected chi connectivity index (χ3v) is 6.00. The highest BCUT2D eigenvalue weighted by atomic mass is 35.5. The molecule has 0 aliphatic carbocycles. The first-order valence-electron chi connectivity index (χ1n) is 9.96. The molecule has 6 heteroatoms. The Balaban J connectivity index is 2.11. The van der Waals surface area contributed by atoms with Gasteiger partial charge in [-0.15, -0.1) is 11.8 Å². The highest BCUT2D eigenvalue weighted by molar-refractivity contribution is 7.99. The maximum atomic E-state index is 13.1. The van der Waals surface area contributed by atoms with Crippen molar-refractivity contribution >= 4 is 35.2 Å². The number of likely N-dealkylation sites (N-methyl/N-ethyl adjacent to an activating group) is 1. The molecule has 1 N–H and O–H groups in total. The van der Waals surface area contributed by atoms with E-state index < -0.39 is 6.04 Å². The lowest BCUT2D eigenvalue weighted by Crippen LogP contribution is -2.49. The molecule has 0 radical (unpaired) electrons. The van der Waals surface area contributed by atoms with E-state index in [1.807, 2.05) is 69.3 Å². The van der Waals surface area contributed by atoms with Crippen LogP contribution in [0.5, 0.6) is 0 Å². The average Bonchev–Trinajstić information content (AvgIpc) is 2.71. The third-order valence-electron chi connectivity index (χ3n) is 4.74. The molecule has 0 fully saturated rings. The van der Waals surface area contributed by atoms with Crippen LogP contribution in [0, 0.1) is 6.92 Å². The zero-order chi connectivity index (χ0) is 21.2. The van der Waals surface area contributed by atoms with Crippen LogP contribution in [0.4, 0.5) is 0 Å². The second kappa shape index (κ2) is 11.9. The van der Waals surface area contributed by atoms with Gasteiger partial charge in [0.15, 0.2) is 0 Å². The summed E-state index contributed by atoms with van der Waals surface area (Å²) in [7, 11) is 0. The molecule has 0 bridgehead atoms. The normalized spacial score (nSPS) is 11.7. The Kier molecular flexibility index (Phi) is 9.55. The van der Waals surface area contributed by atoms with Crippen LogP contribution >= 0.6 is 23.4 Å². The van der Waals surface area contributed by atoms with Crippen molar-refractivity contribution in [2.24, 2.45) is 0 Å². The average molecular weight is 433 g/mol. The van der Waals surface area contributed by atoms with E-state index in [-0.39, 0.29) is 11.8 Å². The van der Waals surface area contributed by atoms with Gasteiger partial charge in [-0.1, -0.05) is 42.8 Å². The number of benzene rings is 2. The maximum absolute atomic E-state index is 13.1. The SMILES string of the molecule is CCNC(=O)[C@@H](CC)N(Cc1ccccc1C)C(=O)CCSc1ccc(Cl)cc1. The zero-order valence-corrected chi connectivity index (χ0v) is 18.9. The zero-order valence-electron chi connectivity index (χ0n) is 17.3. The lowest BCUT2D eigenvalue weighted by molar-refractivity contribution is -0.141. The quantitative estimate of drug-likeness (QED) is 0.533. The number of aryl methyl sites for hydroxylation is 1. The Hall–Kier alpha value is -1.98. The summed E-state index contributed by atoms with van der Waals surface area (Å²) < 4.78 is 0. The van der Waals surface area contributed by atoms with Crippen LogP contribution in [0.25, 0.3) is 0 Å². The summed E-state index contributed by atoms with van der Waals surface area (Å²) in [6.45, 7) is 6.85. The van der Waals surface area contributed by atoms with Gasteiger partial charge in [-0.3, -0.25) is 9.59 Å². The fourth-order valence-corrected chi connectivity index (χ4v) is 4.08. The molecule has 1 atom stereocenters. The molecule has 29 heavy (non-hydrogen) atoms. The van der Waals surface area contributed by atoms with E-state index in [1.165, 1.54) is 0 Å². The van der Waals surface area contributed by atoms with Crippen LogP contribution in [-0.2, 0) is 16.1 Å². The second-order valence-electron chi connectivity index (χ2n) is 6.82. The van der Waals surface area contributed by atoms with Crippen molar-refractivity contribution < 1.29 is 9.59 Å². The van der Waals surface area contributed by atoms with E-state index in [1.54, 1.807) is 16.7 Å². The minimum Gasteiger partial charge on any atom is -0.355 e. The Morgan fingerprint density at radius 1 is 1.10 bits per heavy atom. The summed E-state index contributed by atoms with van der Waals surface area (Å²) in [6.07, 6.45) is 0.947. The molecule has 0 aliphatic rings. The van der Waals surface area contributed by atoms with E-state index in [9.17, 15) is 9.59 Å². The summed E-state index contributed by atoms with van der Waals surface area (Å²) in [4.78, 5) is 28.5. The Morgan fingerprint density at radius 3 is 2.41 bits per heavy atom. The van der Waals surface area contributed by atoms with Gasteiger partial charge in [0.25, 0.3) is 0 Å². The molecule has 0 saturated carbocycles. The molecule has 2 aromatic carbocycles. The van der Waals surface area contributed by atoms with Gasteiger partial charge < -0.3 is 10.2 Å². The molecule has 2 aromatic rings. The number of halogens is 1. The van der Waals surface area contributed by atoms with E-state index in [4.69, 9.17) is 11.6 Å². The van der Waals surface area contributed by atoms with Gasteiger partial charge in [0.2, 0.25) is 11.8 Å². The predicted octanol–water partition coefficient (Wildman–Crippen LogP) is 5.07. The van der Waals surface area contributed by atoms with Gasteiger partial charge in [-0.2, -0.15) is 0 Å². The minimum absolute atomic E-state index is 0.00665. The van der Waals surface area contributed by atoms with E-state index in [0.29, 0.717) is 36.7 Å². The summed E-state index contributed by atoms with van der Waals surface area (Å²) in [5, 5.41) is 3.57. The summed E-state index contributed by atoms with van der Waals surface area (Å²) in [6, 6.07) is 15.1. The number of hydrogen-bond acceptors (Lipinski definition) is 3. The lowest BCUT2D eigenvalue weighted by Gasteiger charge is -2.31. The van der Waals surface area contributed by atoms with Crippen LogP contribution in [0.15, 0.2) is 53.4 Å². The van der Waals surface area contributed by atoms with Crippen molar-refractivity contribution in [3.8, 4) is 0 Å². The number of carbonyl (C=O) groups excluding carboxylic acids is 2. The van der Waals surface area contributed by atoms with Gasteiger partial charge in [0.05, 0.1) is 0 Å². The fourth-order valence-electron chi connectivity index (χ4n) is 3.11. The smallest absolute Gasteiger partial charge is 0.242 e. The second-order valence-corrected chi connectivity index (χ2v) is 8.42. The van der Waals surface area contributed by atoms with Gasteiger partial charge in [-0.25, -0.2) is 0 Å². The molecule has 2 rings (SSSR count). The van der Waals surface area contributed by atoms with Crippen LogP contribution in [0.1, 0.15) is 37.8 Å². The number of rotatable bonds is 10. The van der Waals surface area contributed by atoms with Crippen molar-refractivity contribution in [3.05, 3.63) is 64.7 Å². The highest BCUT2D eigenvalue weighted by Crippen LogP contribution is 2.22. The highest BCUT2D eigenvalue weighted by Gasteiger charge is 2.28. The predicted molar refractivity (Wildman–Crippen MR) is 121 cm³/mol. The van der Waals surface area contributed by atoms with Crippen molar-refractivity contribution in [1.82, 2.24) is 10.2 Å². The molecular weight excluding hydrogens is 404 g/mol. The van der Waals surface area contributed by atoms with E-state index in [2.05, 4.69) is 5.32 Å². The van der Waals surface area contributed by atoms with Gasteiger partial charge >= 0.3 is 0 Å². The van der Waals surface area contributed by atoms with Crippen molar-refractivity contribution in [2.45, 2.75) is 51.1 Å². The van der Waals surface area contributed by atoms with Crippen LogP contribution in [-0.4, -0.2) is 35.1 Å². The number of thioether (sulfide) groups is 1. The minimum atomic E-state index is -0.470. The molecule has 0 aliphatic heterocycles. The lowest BCUT2D eigenvalue weighted by atomic mass is 10.1. The molecule has 156 valence electrons. The maximum Gasteiger partial charge on any atom is 0.242 e. The first kappa shape index (κ1) is 23.3. The van der Waals surface area contributed by atoms with Crippen molar-refractivity contribution in [3.63, 3.8) is 0 Å². The molecular formula is C23H29ClN2O2S. The van der Waals surface area contributed by atoms with E-state index >= 15 is 0 Å². The van der Waals surface area contributed by atoms with Crippen LogP contribution < -0.4 is 5.32 Å². The Labute approximate surface area is 183 Å². The summed E-state index contributed by atoms with van der Waals surface area (Å²) in [5.74, 6) is 0.548. The first-order chi connectivity index (χ1) is 14.0. The Morgan fingerprint density at radius 2 is 1.79 bits per heavy atom. The van der Waals surface area contributed by atoms with Crippen molar-refractivity contribution in [2.75, 3.05) is 12.3 Å². The van der Waals surface area contributed by atoms with Gasteiger partial charge in [-0.05, 0) is 55.7 Å². The topological polar surface area (TPSA) is 49.4 Å². The van der Waals surface area contributed by atoms with Crippen molar-refractivity contribution in [1.29, 1.82) is 0 Å². The molecule has 0 saturated heterocycles. The van der Waals surface area contributed by atoms with E-state index in [0.717, 1.165) is 16.0 Å². The first-order valence-corrected chi connectivity index (χ1v) is 11.3. The summed E-state index contributed by atoms with van der Waals surface area (Å²) >= 11 is 7.54. The summed E-state index contributed by atoms with van der Waals surface area (Å²) in [5.41, 5.74) is 2.18. The van der Waals surface area contributed by atoms with Crippen LogP contribution in [0.3, 0.4) is 0 Å². The van der Waals surface area contributed by atoms with Gasteiger partial charge in [0.1, 0.15) is 6.04 Å². The van der Waals surface area contributed by atoms with Gasteiger partial charge in [0, 0.05) is 35.2 Å². The standard InChI is InChI=1S/C23H29ClN2O2S/c1-4-21(23(28)25-5-2)26(16-18-9-7-6-8-17(18)3)22(27)14-15-29-20-12-10-19(24)11-13-20/h6-13,21H,4-5,14-16H2,1-3H3,(H,25,28)/t21-/m1/s1. The van der Waals surface area contributed by atoms with Crippen LogP contribution in [0.2, 0.25) is 5.02 Å². The number of carbonyl (C=O) groups is 2. The Bertz CT molecular complexity index is 811. The molecule has 0 spiro atoms. The molecule has 4 nitrogen and oxygen atoms in total. The molecule has 0 aromatic heterocycles. The largest absolute Gasteiger partial charge is 0.355 e. The third kappa shape index (κ3) is 7.09. The number of nitrogens with one attached hydrogen (secondary N) is 1. The molecule has 0 heterocycles. The fraction of sp³-hybridized carbons (Fsp3) is 0.391. The molecule has 0 unspecified atom stereocenters. The number of hydrogen-bond donors (Lipinski definition) is 1.